The molecule has 0 aliphatic carbocycles. The molecule has 1 rings (SSSR count). The molecule has 2 nitrogen and oxygen atoms in total. The first-order chi connectivity index (χ1) is 4.79. The largest absolute Gasteiger partial charge is 0.260 e. The Balaban J connectivity index is 2.59. The molecule has 0 fully saturated rings. The third kappa shape index (κ3) is 2.35. The minimum atomic E-state index is 0.580. The molecule has 0 radical (unpaired) electrons. The number of rotatable bonds is 2. The van der Waals surface area contributed by atoms with Crippen molar-refractivity contribution in [3.8, 4) is 0 Å². The van der Waals surface area contributed by atoms with Gasteiger partial charge in [-0.2, -0.15) is 0 Å². The van der Waals surface area contributed by atoms with Gasteiger partial charge in [0.05, 0.1) is 6.20 Å². The Morgan fingerprint density at radius 2 is 2.20 bits per heavy atom. The van der Waals surface area contributed by atoms with Crippen LogP contribution in [0.4, 0.5) is 0 Å². The summed E-state index contributed by atoms with van der Waals surface area (Å²) in [7, 11) is 0. The average molecular weight is 154 g/mol. The van der Waals surface area contributed by atoms with Gasteiger partial charge in [0.1, 0.15) is 5.03 Å². The fraction of sp³-hybridized carbons (Fsp3) is 0.429. The van der Waals surface area contributed by atoms with Crippen molar-refractivity contribution in [2.45, 2.75) is 24.1 Å². The summed E-state index contributed by atoms with van der Waals surface area (Å²) in [6.07, 6.45) is 5.18. The Morgan fingerprint density at radius 3 is 2.70 bits per heavy atom. The quantitative estimate of drug-likeness (QED) is 0.609. The van der Waals surface area contributed by atoms with Gasteiger partial charge in [0.25, 0.3) is 0 Å². The Morgan fingerprint density at radius 1 is 1.40 bits per heavy atom. The van der Waals surface area contributed by atoms with Crippen molar-refractivity contribution in [1.29, 1.82) is 0 Å². The minimum absolute atomic E-state index is 0.580. The summed E-state index contributed by atoms with van der Waals surface area (Å²) < 4.78 is 0. The number of aromatic nitrogens is 2. The molecule has 0 spiro atoms. The van der Waals surface area contributed by atoms with Crippen LogP contribution in [0.5, 0.6) is 0 Å². The normalized spacial score (nSPS) is 10.3. The fourth-order valence-corrected chi connectivity index (χ4v) is 1.31. The van der Waals surface area contributed by atoms with E-state index in [1.54, 1.807) is 30.4 Å². The van der Waals surface area contributed by atoms with Crippen LogP contribution >= 0.6 is 11.8 Å². The summed E-state index contributed by atoms with van der Waals surface area (Å²) in [6.45, 7) is 4.28. The van der Waals surface area contributed by atoms with Crippen molar-refractivity contribution in [2.24, 2.45) is 0 Å². The van der Waals surface area contributed by atoms with E-state index in [9.17, 15) is 0 Å². The van der Waals surface area contributed by atoms with Crippen LogP contribution in [0.3, 0.4) is 0 Å². The zero-order chi connectivity index (χ0) is 7.40. The standard InChI is InChI=1S/C7H10N2S/c1-6(2)10-7-5-8-3-4-9-7/h3-6H,1-2H3. The van der Waals surface area contributed by atoms with Crippen LogP contribution in [0, 0.1) is 0 Å². The van der Waals surface area contributed by atoms with Crippen LogP contribution in [0.1, 0.15) is 13.8 Å². The summed E-state index contributed by atoms with van der Waals surface area (Å²) >= 11 is 1.72. The van der Waals surface area contributed by atoms with Crippen molar-refractivity contribution in [3.05, 3.63) is 18.6 Å². The smallest absolute Gasteiger partial charge is 0.115 e. The van der Waals surface area contributed by atoms with E-state index in [4.69, 9.17) is 0 Å². The molecule has 0 bridgehead atoms. The minimum Gasteiger partial charge on any atom is -0.260 e. The third-order valence-corrected chi connectivity index (χ3v) is 1.82. The van der Waals surface area contributed by atoms with Gasteiger partial charge in [-0.3, -0.25) is 4.98 Å². The van der Waals surface area contributed by atoms with Crippen LogP contribution in [0.15, 0.2) is 23.6 Å². The highest BCUT2D eigenvalue weighted by Crippen LogP contribution is 2.18. The van der Waals surface area contributed by atoms with Crippen LogP contribution in [0.2, 0.25) is 0 Å². The summed E-state index contributed by atoms with van der Waals surface area (Å²) in [4.78, 5) is 8.07. The molecule has 0 saturated heterocycles. The van der Waals surface area contributed by atoms with Gasteiger partial charge in [0.15, 0.2) is 0 Å². The fourth-order valence-electron chi connectivity index (χ4n) is 0.588. The molecular formula is C7H10N2S. The lowest BCUT2D eigenvalue weighted by Gasteiger charge is -2.00. The first-order valence-corrected chi connectivity index (χ1v) is 4.09. The molecule has 3 heteroatoms. The van der Waals surface area contributed by atoms with Crippen LogP contribution < -0.4 is 0 Å². The van der Waals surface area contributed by atoms with Gasteiger partial charge in [0.2, 0.25) is 0 Å². The molecule has 1 aromatic rings. The topological polar surface area (TPSA) is 25.8 Å². The lowest BCUT2D eigenvalue weighted by molar-refractivity contribution is 1.03. The number of thioether (sulfide) groups is 1. The molecule has 0 aliphatic heterocycles. The Bertz CT molecular complexity index is 186. The molecule has 1 aromatic heterocycles. The van der Waals surface area contributed by atoms with Crippen molar-refractivity contribution >= 4 is 11.8 Å². The third-order valence-electron chi connectivity index (χ3n) is 0.896. The molecule has 0 atom stereocenters. The number of hydrogen-bond acceptors (Lipinski definition) is 3. The van der Waals surface area contributed by atoms with Gasteiger partial charge in [-0.15, -0.1) is 11.8 Å². The molecule has 0 aliphatic rings. The Hall–Kier alpha value is -0.570. The van der Waals surface area contributed by atoms with E-state index in [1.807, 2.05) is 0 Å². The molecular weight excluding hydrogens is 144 g/mol. The van der Waals surface area contributed by atoms with Crippen molar-refractivity contribution < 1.29 is 0 Å². The van der Waals surface area contributed by atoms with E-state index < -0.39 is 0 Å². The van der Waals surface area contributed by atoms with Crippen LogP contribution in [-0.4, -0.2) is 15.2 Å². The van der Waals surface area contributed by atoms with Gasteiger partial charge >= 0.3 is 0 Å². The molecule has 10 heavy (non-hydrogen) atoms. The first kappa shape index (κ1) is 7.54. The number of hydrogen-bond donors (Lipinski definition) is 0. The maximum Gasteiger partial charge on any atom is 0.115 e. The van der Waals surface area contributed by atoms with Gasteiger partial charge in [0, 0.05) is 17.6 Å². The summed E-state index contributed by atoms with van der Waals surface area (Å²) in [5, 5.41) is 1.58. The van der Waals surface area contributed by atoms with Crippen molar-refractivity contribution in [1.82, 2.24) is 9.97 Å². The second-order valence-electron chi connectivity index (χ2n) is 2.21. The molecule has 1 heterocycles. The van der Waals surface area contributed by atoms with Crippen molar-refractivity contribution in [2.75, 3.05) is 0 Å². The van der Waals surface area contributed by atoms with E-state index >= 15 is 0 Å². The molecule has 0 amide bonds. The highest BCUT2D eigenvalue weighted by molar-refractivity contribution is 7.99. The molecule has 54 valence electrons. The van der Waals surface area contributed by atoms with Gasteiger partial charge in [-0.1, -0.05) is 13.8 Å². The van der Waals surface area contributed by atoms with Gasteiger partial charge in [-0.05, 0) is 0 Å². The molecule has 0 N–H and O–H groups in total. The van der Waals surface area contributed by atoms with E-state index in [-0.39, 0.29) is 0 Å². The van der Waals surface area contributed by atoms with Gasteiger partial charge in [-0.25, -0.2) is 4.98 Å². The second kappa shape index (κ2) is 3.56. The predicted molar refractivity (Wildman–Crippen MR) is 43.0 cm³/mol. The Labute approximate surface area is 65.1 Å². The Kier molecular flexibility index (Phi) is 2.68. The highest BCUT2D eigenvalue weighted by Gasteiger charge is 1.96. The van der Waals surface area contributed by atoms with Crippen LogP contribution in [-0.2, 0) is 0 Å². The SMILES string of the molecule is CC(C)Sc1cnccn1. The zero-order valence-electron chi connectivity index (χ0n) is 6.11. The molecule has 0 saturated carbocycles. The van der Waals surface area contributed by atoms with Crippen molar-refractivity contribution in [3.63, 3.8) is 0 Å². The summed E-state index contributed by atoms with van der Waals surface area (Å²) in [5.41, 5.74) is 0. The van der Waals surface area contributed by atoms with E-state index in [0.29, 0.717) is 5.25 Å². The molecule has 0 unspecified atom stereocenters. The number of nitrogens with zero attached hydrogens (tertiary/aromatic N) is 2. The molecule has 0 aromatic carbocycles. The zero-order valence-corrected chi connectivity index (χ0v) is 6.93. The van der Waals surface area contributed by atoms with Gasteiger partial charge < -0.3 is 0 Å². The predicted octanol–water partition coefficient (Wildman–Crippen LogP) is 1.98. The van der Waals surface area contributed by atoms with E-state index in [2.05, 4.69) is 23.8 Å². The first-order valence-electron chi connectivity index (χ1n) is 3.21. The maximum atomic E-state index is 4.12. The van der Waals surface area contributed by atoms with Crippen LogP contribution in [0.25, 0.3) is 0 Å². The van der Waals surface area contributed by atoms with E-state index in [0.717, 1.165) is 5.03 Å². The monoisotopic (exact) mass is 154 g/mol. The maximum absolute atomic E-state index is 4.12. The van der Waals surface area contributed by atoms with E-state index in [1.165, 1.54) is 0 Å². The summed E-state index contributed by atoms with van der Waals surface area (Å²) in [6, 6.07) is 0. The second-order valence-corrected chi connectivity index (χ2v) is 3.81. The lowest BCUT2D eigenvalue weighted by Crippen LogP contribution is -1.88. The summed E-state index contributed by atoms with van der Waals surface area (Å²) in [5.74, 6) is 0. The lowest BCUT2D eigenvalue weighted by atomic mass is 10.6. The average Bonchev–Trinajstić information content (AvgIpc) is 1.88. The highest BCUT2D eigenvalue weighted by atomic mass is 32.2.